The highest BCUT2D eigenvalue weighted by atomic mass is 32.2. The molecule has 1 aromatic carbocycles. The largest absolute Gasteiger partial charge is 0.396 e. The van der Waals surface area contributed by atoms with Gasteiger partial charge in [0.05, 0.1) is 6.61 Å². The van der Waals surface area contributed by atoms with E-state index in [1.807, 2.05) is 30.0 Å². The zero-order valence-electron chi connectivity index (χ0n) is 10.5. The third-order valence-corrected chi connectivity index (χ3v) is 3.81. The predicted molar refractivity (Wildman–Crippen MR) is 74.3 cm³/mol. The lowest BCUT2D eigenvalue weighted by molar-refractivity contribution is 0.122. The minimum Gasteiger partial charge on any atom is -0.396 e. The molecule has 0 amide bonds. The van der Waals surface area contributed by atoms with Crippen molar-refractivity contribution in [2.45, 2.75) is 31.6 Å². The summed E-state index contributed by atoms with van der Waals surface area (Å²) in [4.78, 5) is 0. The number of hydrogen-bond acceptors (Lipinski definition) is 3. The number of benzene rings is 1. The van der Waals surface area contributed by atoms with Crippen LogP contribution in [0.5, 0.6) is 0 Å². The van der Waals surface area contributed by atoms with E-state index in [4.69, 9.17) is 9.84 Å². The molecule has 0 aliphatic carbocycles. The lowest BCUT2D eigenvalue weighted by atomic mass is 10.2. The first kappa shape index (κ1) is 14.6. The molecule has 0 bridgehead atoms. The SMILES string of the molecule is CC(CCO)SCCCOCc1ccccc1. The number of aliphatic hydroxyl groups is 1. The van der Waals surface area contributed by atoms with Crippen LogP contribution in [0.1, 0.15) is 25.3 Å². The zero-order chi connectivity index (χ0) is 12.3. The number of thioether (sulfide) groups is 1. The third kappa shape index (κ3) is 7.42. The van der Waals surface area contributed by atoms with E-state index in [2.05, 4.69) is 19.1 Å². The summed E-state index contributed by atoms with van der Waals surface area (Å²) in [5, 5.41) is 9.32. The maximum Gasteiger partial charge on any atom is 0.0716 e. The molecule has 17 heavy (non-hydrogen) atoms. The maximum absolute atomic E-state index is 8.77. The molecule has 2 nitrogen and oxygen atoms in total. The molecular formula is C14H22O2S. The molecule has 0 fully saturated rings. The molecule has 0 aliphatic rings. The second-order valence-corrected chi connectivity index (χ2v) is 5.63. The van der Waals surface area contributed by atoms with Gasteiger partial charge in [0, 0.05) is 18.5 Å². The Morgan fingerprint density at radius 1 is 1.29 bits per heavy atom. The quantitative estimate of drug-likeness (QED) is 0.687. The summed E-state index contributed by atoms with van der Waals surface area (Å²) in [6, 6.07) is 10.2. The van der Waals surface area contributed by atoms with Crippen LogP contribution in [0.15, 0.2) is 30.3 Å². The van der Waals surface area contributed by atoms with Gasteiger partial charge >= 0.3 is 0 Å². The molecule has 0 aromatic heterocycles. The Bertz CT molecular complexity index is 277. The molecule has 1 N–H and O–H groups in total. The van der Waals surface area contributed by atoms with E-state index >= 15 is 0 Å². The summed E-state index contributed by atoms with van der Waals surface area (Å²) in [5.74, 6) is 1.11. The molecule has 0 saturated heterocycles. The van der Waals surface area contributed by atoms with Crippen molar-refractivity contribution in [3.05, 3.63) is 35.9 Å². The minimum absolute atomic E-state index is 0.290. The number of hydrogen-bond donors (Lipinski definition) is 1. The van der Waals surface area contributed by atoms with E-state index in [0.717, 1.165) is 25.2 Å². The van der Waals surface area contributed by atoms with Crippen molar-refractivity contribution >= 4 is 11.8 Å². The Morgan fingerprint density at radius 3 is 2.76 bits per heavy atom. The van der Waals surface area contributed by atoms with E-state index in [1.165, 1.54) is 5.56 Å². The van der Waals surface area contributed by atoms with Crippen LogP contribution in [0.3, 0.4) is 0 Å². The van der Waals surface area contributed by atoms with Crippen LogP contribution >= 0.6 is 11.8 Å². The monoisotopic (exact) mass is 254 g/mol. The van der Waals surface area contributed by atoms with Crippen LogP contribution in [0.4, 0.5) is 0 Å². The summed E-state index contributed by atoms with van der Waals surface area (Å²) in [7, 11) is 0. The average Bonchev–Trinajstić information content (AvgIpc) is 2.35. The van der Waals surface area contributed by atoms with Crippen molar-refractivity contribution in [1.82, 2.24) is 0 Å². The molecule has 3 heteroatoms. The highest BCUT2D eigenvalue weighted by Gasteiger charge is 2.00. The number of aliphatic hydroxyl groups excluding tert-OH is 1. The van der Waals surface area contributed by atoms with Gasteiger partial charge in [-0.15, -0.1) is 0 Å². The lowest BCUT2D eigenvalue weighted by Crippen LogP contribution is -2.02. The zero-order valence-corrected chi connectivity index (χ0v) is 11.3. The molecule has 1 aromatic rings. The normalized spacial score (nSPS) is 12.6. The molecule has 1 atom stereocenters. The van der Waals surface area contributed by atoms with Gasteiger partial charge in [0.2, 0.25) is 0 Å². The van der Waals surface area contributed by atoms with Crippen LogP contribution in [0.25, 0.3) is 0 Å². The van der Waals surface area contributed by atoms with Gasteiger partial charge < -0.3 is 9.84 Å². The molecular weight excluding hydrogens is 232 g/mol. The predicted octanol–water partition coefficient (Wildman–Crippen LogP) is 3.10. The highest BCUT2D eigenvalue weighted by Crippen LogP contribution is 2.14. The average molecular weight is 254 g/mol. The van der Waals surface area contributed by atoms with Gasteiger partial charge in [-0.1, -0.05) is 37.3 Å². The Balaban J connectivity index is 1.95. The van der Waals surface area contributed by atoms with Gasteiger partial charge in [0.25, 0.3) is 0 Å². The summed E-state index contributed by atoms with van der Waals surface area (Å²) >= 11 is 1.91. The van der Waals surface area contributed by atoms with Crippen LogP contribution in [-0.2, 0) is 11.3 Å². The fourth-order valence-corrected chi connectivity index (χ4v) is 2.43. The van der Waals surface area contributed by atoms with Crippen molar-refractivity contribution in [3.8, 4) is 0 Å². The van der Waals surface area contributed by atoms with Crippen LogP contribution in [0.2, 0.25) is 0 Å². The molecule has 96 valence electrons. The Morgan fingerprint density at radius 2 is 2.06 bits per heavy atom. The number of rotatable bonds is 9. The molecule has 1 rings (SSSR count). The van der Waals surface area contributed by atoms with E-state index in [9.17, 15) is 0 Å². The Hall–Kier alpha value is -0.510. The number of ether oxygens (including phenoxy) is 1. The highest BCUT2D eigenvalue weighted by molar-refractivity contribution is 7.99. The first-order valence-corrected chi connectivity index (χ1v) is 7.22. The fourth-order valence-electron chi connectivity index (χ4n) is 1.47. The van der Waals surface area contributed by atoms with E-state index in [0.29, 0.717) is 18.5 Å². The molecule has 1 unspecified atom stereocenters. The lowest BCUT2D eigenvalue weighted by Gasteiger charge is -2.09. The van der Waals surface area contributed by atoms with Gasteiger partial charge in [-0.2, -0.15) is 11.8 Å². The van der Waals surface area contributed by atoms with Crippen molar-refractivity contribution in [2.24, 2.45) is 0 Å². The van der Waals surface area contributed by atoms with Gasteiger partial charge in [-0.05, 0) is 24.2 Å². The van der Waals surface area contributed by atoms with Gasteiger partial charge in [-0.3, -0.25) is 0 Å². The first-order valence-electron chi connectivity index (χ1n) is 6.17. The van der Waals surface area contributed by atoms with E-state index in [-0.39, 0.29) is 0 Å². The third-order valence-electron chi connectivity index (χ3n) is 2.48. The minimum atomic E-state index is 0.290. The first-order chi connectivity index (χ1) is 8.33. The van der Waals surface area contributed by atoms with Gasteiger partial charge in [0.15, 0.2) is 0 Å². The fraction of sp³-hybridized carbons (Fsp3) is 0.571. The Labute approximate surface area is 108 Å². The molecule has 0 aliphatic heterocycles. The summed E-state index contributed by atoms with van der Waals surface area (Å²) in [6.45, 7) is 3.97. The smallest absolute Gasteiger partial charge is 0.0716 e. The second kappa shape index (κ2) is 9.51. The van der Waals surface area contributed by atoms with Gasteiger partial charge in [-0.25, -0.2) is 0 Å². The van der Waals surface area contributed by atoms with Crippen LogP contribution < -0.4 is 0 Å². The second-order valence-electron chi connectivity index (χ2n) is 4.09. The molecule has 0 spiro atoms. The molecule has 0 heterocycles. The Kier molecular flexibility index (Phi) is 8.14. The van der Waals surface area contributed by atoms with Crippen molar-refractivity contribution < 1.29 is 9.84 Å². The summed E-state index contributed by atoms with van der Waals surface area (Å²) in [6.07, 6.45) is 1.96. The maximum atomic E-state index is 8.77. The van der Waals surface area contributed by atoms with Gasteiger partial charge in [0.1, 0.15) is 0 Å². The van der Waals surface area contributed by atoms with Crippen molar-refractivity contribution in [2.75, 3.05) is 19.0 Å². The molecule has 0 radical (unpaired) electrons. The molecule has 0 saturated carbocycles. The van der Waals surface area contributed by atoms with Crippen molar-refractivity contribution in [1.29, 1.82) is 0 Å². The summed E-state index contributed by atoms with van der Waals surface area (Å²) < 4.78 is 5.60. The standard InChI is InChI=1S/C14H22O2S/c1-13(8-9-15)17-11-5-10-16-12-14-6-3-2-4-7-14/h2-4,6-7,13,15H,5,8-12H2,1H3. The summed E-state index contributed by atoms with van der Waals surface area (Å²) in [5.41, 5.74) is 1.23. The van der Waals surface area contributed by atoms with Crippen molar-refractivity contribution in [3.63, 3.8) is 0 Å². The van der Waals surface area contributed by atoms with Crippen LogP contribution in [-0.4, -0.2) is 29.3 Å². The van der Waals surface area contributed by atoms with E-state index in [1.54, 1.807) is 0 Å². The van der Waals surface area contributed by atoms with E-state index < -0.39 is 0 Å². The van der Waals surface area contributed by atoms with Crippen LogP contribution in [0, 0.1) is 0 Å². The topological polar surface area (TPSA) is 29.5 Å².